The molecular formula is C41H48N4O3Si. The van der Waals surface area contributed by atoms with Gasteiger partial charge < -0.3 is 24.2 Å². The lowest BCUT2D eigenvalue weighted by molar-refractivity contribution is -0.144. The molecule has 7 nitrogen and oxygen atoms in total. The van der Waals surface area contributed by atoms with Gasteiger partial charge in [-0.15, -0.1) is 0 Å². The fourth-order valence-corrected chi connectivity index (χ4v) is 8.70. The summed E-state index contributed by atoms with van der Waals surface area (Å²) < 4.78 is 16.4. The van der Waals surface area contributed by atoms with E-state index in [-0.39, 0.29) is 32.8 Å². The van der Waals surface area contributed by atoms with Crippen molar-refractivity contribution >= 4 is 26.6 Å². The van der Waals surface area contributed by atoms with Gasteiger partial charge in [0.15, 0.2) is 0 Å². The highest BCUT2D eigenvalue weighted by atomic mass is 28.2. The minimum atomic E-state index is -0.875. The van der Waals surface area contributed by atoms with Crippen molar-refractivity contribution in [2.75, 3.05) is 5.32 Å². The van der Waals surface area contributed by atoms with Crippen LogP contribution in [0.15, 0.2) is 104 Å². The highest BCUT2D eigenvalue weighted by Gasteiger charge is 2.57. The van der Waals surface area contributed by atoms with Crippen LogP contribution in [0.5, 0.6) is 0 Å². The number of hydrogen-bond acceptors (Lipinski definition) is 6. The fourth-order valence-electron chi connectivity index (χ4n) is 7.85. The molecule has 49 heavy (non-hydrogen) atoms. The SMILES string of the molecule is CC(C)(C)OC1C(O)C(n2ccc3c(NC4CCc5ccccc54)ncnc32)CC1C(O[Si]C(C)(C)C)(c1ccccc1)c1ccccc1. The summed E-state index contributed by atoms with van der Waals surface area (Å²) in [5, 5.41) is 17.1. The number of anilines is 1. The predicted octanol–water partition coefficient (Wildman–Crippen LogP) is 8.43. The van der Waals surface area contributed by atoms with Crippen molar-refractivity contribution in [2.24, 2.45) is 5.92 Å². The van der Waals surface area contributed by atoms with Crippen LogP contribution < -0.4 is 5.32 Å². The Bertz CT molecular complexity index is 1840. The van der Waals surface area contributed by atoms with E-state index >= 15 is 0 Å². The number of aryl methyl sites for hydroxylation is 1. The van der Waals surface area contributed by atoms with Crippen molar-refractivity contribution in [2.45, 2.75) is 101 Å². The smallest absolute Gasteiger partial charge is 0.237 e. The van der Waals surface area contributed by atoms with Crippen LogP contribution in [0.2, 0.25) is 5.04 Å². The molecule has 2 radical (unpaired) electrons. The lowest BCUT2D eigenvalue weighted by Crippen LogP contribution is -2.49. The first-order valence-electron chi connectivity index (χ1n) is 17.5. The Morgan fingerprint density at radius 3 is 2.14 bits per heavy atom. The molecule has 5 unspecified atom stereocenters. The van der Waals surface area contributed by atoms with E-state index < -0.39 is 23.4 Å². The number of hydrogen-bond donors (Lipinski definition) is 2. The summed E-state index contributed by atoms with van der Waals surface area (Å²) in [7, 11) is 0.205. The van der Waals surface area contributed by atoms with Gasteiger partial charge in [-0.3, -0.25) is 0 Å². The highest BCUT2D eigenvalue weighted by Crippen LogP contribution is 2.53. The van der Waals surface area contributed by atoms with Gasteiger partial charge in [-0.1, -0.05) is 106 Å². The second-order valence-electron chi connectivity index (χ2n) is 15.6. The molecule has 8 heteroatoms. The number of nitrogens with zero attached hydrogens (tertiary/aromatic N) is 3. The standard InChI is InChI=1S/C41H48N4O3Si/c1-39(2,3)47-36-32(41(48-49-40(4,5)6,28-16-9-7-10-17-28)29-18-11-8-12-19-29)25-34(35(36)46)45-24-23-31-37(42-26-43-38(31)45)44-33-22-21-27-15-13-14-20-30(27)33/h7-20,23-24,26,32-36,46H,21-22,25H2,1-6H3,(H,42,43,44). The van der Waals surface area contributed by atoms with Crippen LogP contribution in [-0.2, 0) is 21.2 Å². The van der Waals surface area contributed by atoms with E-state index in [1.807, 2.05) is 12.1 Å². The summed E-state index contributed by atoms with van der Waals surface area (Å²) in [5.74, 6) is 0.591. The predicted molar refractivity (Wildman–Crippen MR) is 197 cm³/mol. The number of aromatic nitrogens is 3. The maximum absolute atomic E-state index is 12.4. The first-order chi connectivity index (χ1) is 23.4. The second-order valence-corrected chi connectivity index (χ2v) is 17.5. The van der Waals surface area contributed by atoms with E-state index in [0.717, 1.165) is 40.8 Å². The molecule has 1 saturated carbocycles. The minimum absolute atomic E-state index is 0.0669. The zero-order chi connectivity index (χ0) is 34.4. The second kappa shape index (κ2) is 13.1. The molecule has 2 aliphatic rings. The summed E-state index contributed by atoms with van der Waals surface area (Å²) in [5.41, 5.74) is 4.26. The van der Waals surface area contributed by atoms with Gasteiger partial charge in [0.25, 0.3) is 0 Å². The molecule has 7 rings (SSSR count). The van der Waals surface area contributed by atoms with E-state index in [0.29, 0.717) is 6.42 Å². The Labute approximate surface area is 293 Å². The molecule has 2 aliphatic carbocycles. The Morgan fingerprint density at radius 1 is 0.837 bits per heavy atom. The number of nitrogens with one attached hydrogen (secondary N) is 1. The van der Waals surface area contributed by atoms with Crippen molar-refractivity contribution in [1.29, 1.82) is 0 Å². The molecule has 2 N–H and O–H groups in total. The number of fused-ring (bicyclic) bond motifs is 2. The highest BCUT2D eigenvalue weighted by molar-refractivity contribution is 6.32. The van der Waals surface area contributed by atoms with Crippen molar-refractivity contribution in [3.63, 3.8) is 0 Å². The third-order valence-electron chi connectivity index (χ3n) is 9.87. The summed E-state index contributed by atoms with van der Waals surface area (Å²) in [6.45, 7) is 12.8. The molecule has 5 aromatic rings. The molecule has 0 aliphatic heterocycles. The van der Waals surface area contributed by atoms with Gasteiger partial charge in [0.1, 0.15) is 29.5 Å². The van der Waals surface area contributed by atoms with Crippen LogP contribution in [0.1, 0.15) is 88.7 Å². The topological polar surface area (TPSA) is 81.4 Å². The summed E-state index contributed by atoms with van der Waals surface area (Å²) in [6.07, 6.45) is 5.04. The monoisotopic (exact) mass is 672 g/mol. The van der Waals surface area contributed by atoms with E-state index in [4.69, 9.17) is 19.1 Å². The molecule has 2 aromatic heterocycles. The first-order valence-corrected chi connectivity index (χ1v) is 18.4. The maximum atomic E-state index is 12.4. The number of aliphatic hydroxyl groups excluding tert-OH is 1. The molecule has 1 fully saturated rings. The van der Waals surface area contributed by atoms with Crippen LogP contribution in [0.3, 0.4) is 0 Å². The van der Waals surface area contributed by atoms with Gasteiger partial charge in [0.2, 0.25) is 9.76 Å². The average Bonchev–Trinajstić information content (AvgIpc) is 3.78. The van der Waals surface area contributed by atoms with Crippen LogP contribution in [0.4, 0.5) is 5.82 Å². The Morgan fingerprint density at radius 2 is 1.49 bits per heavy atom. The molecular weight excluding hydrogens is 625 g/mol. The lowest BCUT2D eigenvalue weighted by Gasteiger charge is -2.45. The molecule has 5 atom stereocenters. The third-order valence-corrected chi connectivity index (χ3v) is 10.9. The van der Waals surface area contributed by atoms with Gasteiger partial charge in [-0.05, 0) is 73.4 Å². The van der Waals surface area contributed by atoms with Crippen molar-refractivity contribution < 1.29 is 14.3 Å². The molecule has 0 bridgehead atoms. The van der Waals surface area contributed by atoms with Crippen LogP contribution in [0, 0.1) is 5.92 Å². The molecule has 2 heterocycles. The largest absolute Gasteiger partial charge is 0.403 e. The number of ether oxygens (including phenoxy) is 1. The summed E-state index contributed by atoms with van der Waals surface area (Å²) >= 11 is 0. The van der Waals surface area contributed by atoms with Crippen LogP contribution in [-0.4, -0.2) is 47.2 Å². The molecule has 0 saturated heterocycles. The van der Waals surface area contributed by atoms with Gasteiger partial charge >= 0.3 is 0 Å². The molecule has 254 valence electrons. The normalized spacial score (nSPS) is 22.8. The van der Waals surface area contributed by atoms with Crippen molar-refractivity contribution in [3.05, 3.63) is 126 Å². The van der Waals surface area contributed by atoms with Gasteiger partial charge in [-0.2, -0.15) is 0 Å². The quantitative estimate of drug-likeness (QED) is 0.153. The van der Waals surface area contributed by atoms with Gasteiger partial charge in [-0.25, -0.2) is 9.97 Å². The lowest BCUT2D eigenvalue weighted by atomic mass is 9.74. The Balaban J connectivity index is 1.33. The zero-order valence-corrected chi connectivity index (χ0v) is 30.4. The van der Waals surface area contributed by atoms with Crippen LogP contribution in [0.25, 0.3) is 11.0 Å². The van der Waals surface area contributed by atoms with E-state index in [1.165, 1.54) is 11.1 Å². The number of benzene rings is 3. The van der Waals surface area contributed by atoms with Crippen molar-refractivity contribution in [3.8, 4) is 0 Å². The van der Waals surface area contributed by atoms with E-state index in [1.54, 1.807) is 6.33 Å². The average molecular weight is 673 g/mol. The third kappa shape index (κ3) is 6.59. The molecule has 0 amide bonds. The first kappa shape index (κ1) is 33.7. The summed E-state index contributed by atoms with van der Waals surface area (Å²) in [4.78, 5) is 9.51. The number of aliphatic hydroxyl groups is 1. The Kier molecular flexibility index (Phi) is 9.03. The zero-order valence-electron chi connectivity index (χ0n) is 29.4. The summed E-state index contributed by atoms with van der Waals surface area (Å²) in [6, 6.07) is 31.6. The number of rotatable bonds is 9. The van der Waals surface area contributed by atoms with Crippen molar-refractivity contribution in [1.82, 2.24) is 14.5 Å². The molecule has 0 spiro atoms. The van der Waals surface area contributed by atoms with Gasteiger partial charge in [0.05, 0.1) is 29.2 Å². The Hall–Kier alpha value is -3.82. The van der Waals surface area contributed by atoms with Gasteiger partial charge in [0, 0.05) is 12.1 Å². The minimum Gasteiger partial charge on any atom is -0.403 e. The molecule has 3 aromatic carbocycles. The van der Waals surface area contributed by atoms with E-state index in [9.17, 15) is 5.11 Å². The maximum Gasteiger partial charge on any atom is 0.237 e. The van der Waals surface area contributed by atoms with Crippen LogP contribution >= 0.6 is 0 Å². The fraction of sp³-hybridized carbons (Fsp3) is 0.415. The van der Waals surface area contributed by atoms with E-state index in [2.05, 4.69) is 136 Å².